The van der Waals surface area contributed by atoms with Crippen LogP contribution in [0.25, 0.3) is 10.6 Å². The molecule has 2 saturated heterocycles. The lowest BCUT2D eigenvalue weighted by atomic mass is 10.2. The number of aromatic nitrogens is 1. The van der Waals surface area contributed by atoms with Gasteiger partial charge in [0.25, 0.3) is 0 Å². The SMILES string of the molecule is c1cc2c(cc1-c1nc(CN3CCC(N4CCNCC4)C3)cs1)OCO2. The molecule has 0 radical (unpaired) electrons. The van der Waals surface area contributed by atoms with Gasteiger partial charge >= 0.3 is 0 Å². The maximum absolute atomic E-state index is 5.48. The molecule has 0 saturated carbocycles. The van der Waals surface area contributed by atoms with Crippen LogP contribution in [0.4, 0.5) is 0 Å². The summed E-state index contributed by atoms with van der Waals surface area (Å²) in [6.07, 6.45) is 1.28. The Labute approximate surface area is 157 Å². The zero-order valence-electron chi connectivity index (χ0n) is 14.8. The van der Waals surface area contributed by atoms with Gasteiger partial charge < -0.3 is 14.8 Å². The number of likely N-dealkylation sites (tertiary alicyclic amines) is 1. The third-order valence-electron chi connectivity index (χ3n) is 5.47. The first-order valence-corrected chi connectivity index (χ1v) is 10.2. The van der Waals surface area contributed by atoms with Crippen molar-refractivity contribution in [2.75, 3.05) is 46.1 Å². The number of fused-ring (bicyclic) bond motifs is 1. The summed E-state index contributed by atoms with van der Waals surface area (Å²) in [5, 5.41) is 6.69. The second-order valence-electron chi connectivity index (χ2n) is 7.18. The largest absolute Gasteiger partial charge is 0.454 e. The Balaban J connectivity index is 1.22. The molecule has 3 aliphatic rings. The molecule has 1 unspecified atom stereocenters. The molecule has 1 aromatic carbocycles. The molecule has 1 aromatic heterocycles. The molecule has 3 aliphatic heterocycles. The Hall–Kier alpha value is -1.67. The molecule has 1 N–H and O–H groups in total. The second-order valence-corrected chi connectivity index (χ2v) is 8.03. The van der Waals surface area contributed by atoms with Crippen molar-refractivity contribution in [1.82, 2.24) is 20.1 Å². The fourth-order valence-electron chi connectivity index (χ4n) is 4.07. The average Bonchev–Trinajstić information content (AvgIpc) is 3.43. The summed E-state index contributed by atoms with van der Waals surface area (Å²) in [6.45, 7) is 8.22. The summed E-state index contributed by atoms with van der Waals surface area (Å²) in [4.78, 5) is 10.1. The van der Waals surface area contributed by atoms with Crippen LogP contribution in [0.5, 0.6) is 11.5 Å². The first-order valence-electron chi connectivity index (χ1n) is 9.37. The van der Waals surface area contributed by atoms with Crippen LogP contribution in [0.15, 0.2) is 23.6 Å². The number of thiazole rings is 1. The minimum Gasteiger partial charge on any atom is -0.454 e. The number of hydrogen-bond acceptors (Lipinski definition) is 7. The highest BCUT2D eigenvalue weighted by Crippen LogP contribution is 2.36. The van der Waals surface area contributed by atoms with E-state index in [1.54, 1.807) is 11.3 Å². The van der Waals surface area contributed by atoms with Gasteiger partial charge in [0, 0.05) is 62.8 Å². The highest BCUT2D eigenvalue weighted by molar-refractivity contribution is 7.13. The molecule has 0 aliphatic carbocycles. The van der Waals surface area contributed by atoms with E-state index in [9.17, 15) is 0 Å². The third kappa shape index (κ3) is 3.32. The summed E-state index contributed by atoms with van der Waals surface area (Å²) in [5.41, 5.74) is 2.27. The number of hydrogen-bond donors (Lipinski definition) is 1. The Morgan fingerprint density at radius 1 is 1.15 bits per heavy atom. The smallest absolute Gasteiger partial charge is 0.231 e. The number of benzene rings is 1. The van der Waals surface area contributed by atoms with E-state index < -0.39 is 0 Å². The van der Waals surface area contributed by atoms with Crippen molar-refractivity contribution in [3.05, 3.63) is 29.3 Å². The topological polar surface area (TPSA) is 49.9 Å². The predicted octanol–water partition coefficient (Wildman–Crippen LogP) is 2.02. The number of ether oxygens (including phenoxy) is 2. The van der Waals surface area contributed by atoms with Gasteiger partial charge in [-0.3, -0.25) is 9.80 Å². The molecule has 6 nitrogen and oxygen atoms in total. The molecule has 4 heterocycles. The molecular formula is C19H24N4O2S. The van der Waals surface area contributed by atoms with E-state index in [0.29, 0.717) is 12.8 Å². The molecule has 0 bridgehead atoms. The van der Waals surface area contributed by atoms with Gasteiger partial charge in [0.15, 0.2) is 11.5 Å². The van der Waals surface area contributed by atoms with Crippen LogP contribution < -0.4 is 14.8 Å². The van der Waals surface area contributed by atoms with Crippen LogP contribution in [-0.2, 0) is 6.54 Å². The summed E-state index contributed by atoms with van der Waals surface area (Å²) < 4.78 is 10.9. The summed E-state index contributed by atoms with van der Waals surface area (Å²) in [5.74, 6) is 1.64. The van der Waals surface area contributed by atoms with Crippen molar-refractivity contribution in [2.45, 2.75) is 19.0 Å². The second kappa shape index (κ2) is 7.15. The standard InChI is InChI=1S/C19H24N4O2S/c1-2-17-18(25-13-24-17)9-14(1)19-21-15(12-26-19)10-22-6-3-16(11-22)23-7-4-20-5-8-23/h1-2,9,12,16,20H,3-8,10-11,13H2. The van der Waals surface area contributed by atoms with Crippen LogP contribution in [0, 0.1) is 0 Å². The summed E-state index contributed by atoms with van der Waals surface area (Å²) in [6, 6.07) is 6.77. The predicted molar refractivity (Wildman–Crippen MR) is 102 cm³/mol. The molecule has 1 atom stereocenters. The maximum atomic E-state index is 5.48. The van der Waals surface area contributed by atoms with Crippen LogP contribution in [-0.4, -0.2) is 66.9 Å². The van der Waals surface area contributed by atoms with Crippen molar-refractivity contribution in [1.29, 1.82) is 0 Å². The van der Waals surface area contributed by atoms with Gasteiger partial charge in [-0.2, -0.15) is 0 Å². The van der Waals surface area contributed by atoms with Crippen LogP contribution >= 0.6 is 11.3 Å². The molecule has 0 spiro atoms. The molecule has 138 valence electrons. The minimum atomic E-state index is 0.311. The number of nitrogens with zero attached hydrogens (tertiary/aromatic N) is 3. The number of nitrogens with one attached hydrogen (secondary N) is 1. The first kappa shape index (κ1) is 16.5. The lowest BCUT2D eigenvalue weighted by molar-refractivity contribution is 0.170. The Morgan fingerprint density at radius 2 is 2.04 bits per heavy atom. The van der Waals surface area contributed by atoms with Crippen LogP contribution in [0.1, 0.15) is 12.1 Å². The van der Waals surface area contributed by atoms with Gasteiger partial charge in [0.05, 0.1) is 5.69 Å². The highest BCUT2D eigenvalue weighted by atomic mass is 32.1. The van der Waals surface area contributed by atoms with Crippen molar-refractivity contribution < 1.29 is 9.47 Å². The molecule has 26 heavy (non-hydrogen) atoms. The Kier molecular flexibility index (Phi) is 4.54. The van der Waals surface area contributed by atoms with E-state index >= 15 is 0 Å². The normalized spacial score (nSPS) is 23.6. The lowest BCUT2D eigenvalue weighted by Gasteiger charge is -2.32. The Bertz CT molecular complexity index is 775. The number of piperazine rings is 1. The van der Waals surface area contributed by atoms with Gasteiger partial charge in [-0.1, -0.05) is 0 Å². The van der Waals surface area contributed by atoms with E-state index in [0.717, 1.165) is 48.2 Å². The van der Waals surface area contributed by atoms with E-state index in [4.69, 9.17) is 14.5 Å². The fraction of sp³-hybridized carbons (Fsp3) is 0.526. The quantitative estimate of drug-likeness (QED) is 0.886. The molecule has 2 aromatic rings. The summed E-state index contributed by atoms with van der Waals surface area (Å²) in [7, 11) is 0. The molecule has 7 heteroatoms. The van der Waals surface area contributed by atoms with Gasteiger partial charge in [-0.15, -0.1) is 11.3 Å². The average molecular weight is 372 g/mol. The Morgan fingerprint density at radius 3 is 2.96 bits per heavy atom. The fourth-order valence-corrected chi connectivity index (χ4v) is 4.88. The monoisotopic (exact) mass is 372 g/mol. The number of rotatable bonds is 4. The lowest BCUT2D eigenvalue weighted by Crippen LogP contribution is -2.49. The van der Waals surface area contributed by atoms with Crippen molar-refractivity contribution in [2.24, 2.45) is 0 Å². The zero-order chi connectivity index (χ0) is 17.3. The zero-order valence-corrected chi connectivity index (χ0v) is 15.6. The van der Waals surface area contributed by atoms with Crippen molar-refractivity contribution in [3.63, 3.8) is 0 Å². The van der Waals surface area contributed by atoms with Gasteiger partial charge in [-0.05, 0) is 24.6 Å². The first-order chi connectivity index (χ1) is 12.8. The van der Waals surface area contributed by atoms with Crippen molar-refractivity contribution in [3.8, 4) is 22.1 Å². The third-order valence-corrected chi connectivity index (χ3v) is 6.41. The molecule has 5 rings (SSSR count). The summed E-state index contributed by atoms with van der Waals surface area (Å²) >= 11 is 1.71. The van der Waals surface area contributed by atoms with Gasteiger partial charge in [0.2, 0.25) is 6.79 Å². The van der Waals surface area contributed by atoms with E-state index in [2.05, 4.69) is 26.6 Å². The van der Waals surface area contributed by atoms with Gasteiger partial charge in [-0.25, -0.2) is 4.98 Å². The van der Waals surface area contributed by atoms with Gasteiger partial charge in [0.1, 0.15) is 5.01 Å². The van der Waals surface area contributed by atoms with E-state index in [1.165, 1.54) is 31.7 Å². The highest BCUT2D eigenvalue weighted by Gasteiger charge is 2.28. The maximum Gasteiger partial charge on any atom is 0.231 e. The minimum absolute atomic E-state index is 0.311. The van der Waals surface area contributed by atoms with E-state index in [1.807, 2.05) is 12.1 Å². The molecule has 0 amide bonds. The van der Waals surface area contributed by atoms with E-state index in [-0.39, 0.29) is 0 Å². The molecule has 2 fully saturated rings. The van der Waals surface area contributed by atoms with Crippen molar-refractivity contribution >= 4 is 11.3 Å². The molecular weight excluding hydrogens is 348 g/mol. The van der Waals surface area contributed by atoms with Crippen LogP contribution in [0.3, 0.4) is 0 Å². The van der Waals surface area contributed by atoms with Crippen LogP contribution in [0.2, 0.25) is 0 Å².